The van der Waals surface area contributed by atoms with Gasteiger partial charge in [0.25, 0.3) is 11.5 Å². The van der Waals surface area contributed by atoms with Crippen LogP contribution < -0.4 is 15.9 Å². The second-order valence-corrected chi connectivity index (χ2v) is 7.02. The molecule has 0 radical (unpaired) electrons. The number of carbonyl (C=O) groups is 1. The van der Waals surface area contributed by atoms with Gasteiger partial charge in [-0.1, -0.05) is 12.1 Å². The Morgan fingerprint density at radius 3 is 2.57 bits per heavy atom. The number of benzene rings is 1. The summed E-state index contributed by atoms with van der Waals surface area (Å²) in [5.74, 6) is -0.202. The first-order valence-electron chi connectivity index (χ1n) is 9.52. The van der Waals surface area contributed by atoms with Crippen molar-refractivity contribution >= 4 is 11.7 Å². The monoisotopic (exact) mass is 410 g/mol. The fraction of sp³-hybridized carbons (Fsp3) is 0.300. The molecule has 1 saturated heterocycles. The van der Waals surface area contributed by atoms with E-state index in [0.717, 1.165) is 11.1 Å². The van der Waals surface area contributed by atoms with Gasteiger partial charge in [0.2, 0.25) is 0 Å². The van der Waals surface area contributed by atoms with Crippen molar-refractivity contribution in [1.29, 1.82) is 0 Å². The number of nitrogens with zero attached hydrogens (tertiary/aromatic N) is 5. The van der Waals surface area contributed by atoms with Crippen LogP contribution in [-0.4, -0.2) is 56.7 Å². The highest BCUT2D eigenvalue weighted by Gasteiger charge is 2.19. The van der Waals surface area contributed by atoms with Gasteiger partial charge in [-0.25, -0.2) is 10.5 Å². The molecular formula is C20H22N6O4. The minimum Gasteiger partial charge on any atom is -0.378 e. The Balaban J connectivity index is 1.72. The van der Waals surface area contributed by atoms with Crippen molar-refractivity contribution in [2.24, 2.45) is 7.05 Å². The smallest absolute Gasteiger partial charge is 0.293 e. The summed E-state index contributed by atoms with van der Waals surface area (Å²) >= 11 is 0. The van der Waals surface area contributed by atoms with E-state index in [1.807, 2.05) is 18.1 Å². The van der Waals surface area contributed by atoms with E-state index in [1.165, 1.54) is 0 Å². The molecule has 2 aromatic heterocycles. The summed E-state index contributed by atoms with van der Waals surface area (Å²) in [6.07, 6.45) is 5.28. The lowest BCUT2D eigenvalue weighted by Crippen LogP contribution is -2.41. The van der Waals surface area contributed by atoms with Crippen LogP contribution in [0.5, 0.6) is 0 Å². The maximum atomic E-state index is 13.2. The molecule has 3 aromatic rings. The third-order valence-electron chi connectivity index (χ3n) is 4.94. The molecule has 156 valence electrons. The minimum absolute atomic E-state index is 0.193. The van der Waals surface area contributed by atoms with E-state index >= 15 is 0 Å². The first-order chi connectivity index (χ1) is 14.5. The molecule has 0 bridgehead atoms. The zero-order valence-corrected chi connectivity index (χ0v) is 16.5. The van der Waals surface area contributed by atoms with Gasteiger partial charge in [0.1, 0.15) is 0 Å². The van der Waals surface area contributed by atoms with Crippen LogP contribution >= 0.6 is 0 Å². The number of hydrogen-bond acceptors (Lipinski definition) is 7. The van der Waals surface area contributed by atoms with Gasteiger partial charge in [-0.05, 0) is 17.7 Å². The van der Waals surface area contributed by atoms with E-state index in [-0.39, 0.29) is 5.56 Å². The predicted octanol–water partition coefficient (Wildman–Crippen LogP) is 0.648. The SMILES string of the molecule is Cn1cc(-c2cn(Cc3ccc(C(=O)NO)cc3)c(=O)c(N3CCOCC3)n2)cn1. The second-order valence-electron chi connectivity index (χ2n) is 7.02. The molecule has 2 N–H and O–H groups in total. The molecule has 0 spiro atoms. The van der Waals surface area contributed by atoms with E-state index in [1.54, 1.807) is 51.4 Å². The zero-order valence-electron chi connectivity index (χ0n) is 16.5. The Hall–Kier alpha value is -3.50. The largest absolute Gasteiger partial charge is 0.378 e. The van der Waals surface area contributed by atoms with Crippen molar-refractivity contribution in [3.8, 4) is 11.3 Å². The summed E-state index contributed by atoms with van der Waals surface area (Å²) in [4.78, 5) is 31.3. The van der Waals surface area contributed by atoms with Crippen LogP contribution in [0, 0.1) is 0 Å². The summed E-state index contributed by atoms with van der Waals surface area (Å²) in [5, 5.41) is 13.0. The molecular weight excluding hydrogens is 388 g/mol. The van der Waals surface area contributed by atoms with Crippen molar-refractivity contribution in [3.05, 3.63) is 64.3 Å². The van der Waals surface area contributed by atoms with Crippen LogP contribution in [0.1, 0.15) is 15.9 Å². The van der Waals surface area contributed by atoms with Crippen molar-refractivity contribution in [2.45, 2.75) is 6.54 Å². The van der Waals surface area contributed by atoms with E-state index < -0.39 is 5.91 Å². The quantitative estimate of drug-likeness (QED) is 0.469. The van der Waals surface area contributed by atoms with Crippen LogP contribution in [0.15, 0.2) is 47.7 Å². The van der Waals surface area contributed by atoms with E-state index in [4.69, 9.17) is 9.94 Å². The molecule has 1 fully saturated rings. The van der Waals surface area contributed by atoms with Gasteiger partial charge in [-0.3, -0.25) is 19.5 Å². The lowest BCUT2D eigenvalue weighted by atomic mass is 10.1. The van der Waals surface area contributed by atoms with Crippen LogP contribution in [-0.2, 0) is 18.3 Å². The molecule has 0 aliphatic carbocycles. The van der Waals surface area contributed by atoms with Gasteiger partial charge in [-0.2, -0.15) is 5.10 Å². The molecule has 1 aliphatic rings. The molecule has 1 amide bonds. The summed E-state index contributed by atoms with van der Waals surface area (Å²) in [6, 6.07) is 6.68. The van der Waals surface area contributed by atoms with Gasteiger partial charge < -0.3 is 14.2 Å². The number of anilines is 1. The number of carbonyl (C=O) groups excluding carboxylic acids is 1. The van der Waals surface area contributed by atoms with Gasteiger partial charge >= 0.3 is 0 Å². The summed E-state index contributed by atoms with van der Waals surface area (Å²) < 4.78 is 8.70. The highest BCUT2D eigenvalue weighted by molar-refractivity contribution is 5.93. The molecule has 10 heteroatoms. The normalized spacial score (nSPS) is 14.0. The molecule has 1 aliphatic heterocycles. The van der Waals surface area contributed by atoms with Crippen LogP contribution in [0.3, 0.4) is 0 Å². The molecule has 0 unspecified atom stereocenters. The second kappa shape index (κ2) is 8.47. The number of aromatic nitrogens is 4. The number of aryl methyl sites for hydroxylation is 1. The third-order valence-corrected chi connectivity index (χ3v) is 4.94. The van der Waals surface area contributed by atoms with Gasteiger partial charge in [0.15, 0.2) is 5.82 Å². The van der Waals surface area contributed by atoms with E-state index in [0.29, 0.717) is 49.9 Å². The van der Waals surface area contributed by atoms with Gasteiger partial charge in [0.05, 0.1) is 31.6 Å². The molecule has 1 aromatic carbocycles. The Morgan fingerprint density at radius 2 is 1.93 bits per heavy atom. The highest BCUT2D eigenvalue weighted by Crippen LogP contribution is 2.19. The van der Waals surface area contributed by atoms with Crippen LogP contribution in [0.25, 0.3) is 11.3 Å². The Labute approximate surface area is 172 Å². The molecule has 3 heterocycles. The molecule has 4 rings (SSSR count). The Bertz CT molecular complexity index is 1100. The lowest BCUT2D eigenvalue weighted by molar-refractivity contribution is 0.0706. The highest BCUT2D eigenvalue weighted by atomic mass is 16.5. The number of morpholine rings is 1. The Kier molecular flexibility index (Phi) is 5.59. The third kappa shape index (κ3) is 4.09. The maximum absolute atomic E-state index is 13.2. The number of rotatable bonds is 5. The predicted molar refractivity (Wildman–Crippen MR) is 109 cm³/mol. The topological polar surface area (TPSA) is 115 Å². The van der Waals surface area contributed by atoms with Crippen molar-refractivity contribution in [3.63, 3.8) is 0 Å². The summed E-state index contributed by atoms with van der Waals surface area (Å²) in [7, 11) is 1.83. The number of hydroxylamine groups is 1. The fourth-order valence-corrected chi connectivity index (χ4v) is 3.34. The summed E-state index contributed by atoms with van der Waals surface area (Å²) in [6.45, 7) is 2.61. The van der Waals surface area contributed by atoms with Gasteiger partial charge in [0, 0.05) is 43.7 Å². The standard InChI is InChI=1S/C20H22N6O4/c1-24-12-16(10-21-24)17-13-26(11-14-2-4-15(5-3-14)19(27)23-29)20(28)18(22-17)25-6-8-30-9-7-25/h2-5,10,12-13,29H,6-9,11H2,1H3,(H,23,27). The average molecular weight is 410 g/mol. The van der Waals surface area contributed by atoms with Crippen molar-refractivity contribution < 1.29 is 14.7 Å². The first-order valence-corrected chi connectivity index (χ1v) is 9.52. The number of hydrogen-bond donors (Lipinski definition) is 2. The summed E-state index contributed by atoms with van der Waals surface area (Å²) in [5.41, 5.74) is 4.04. The molecule has 10 nitrogen and oxygen atoms in total. The zero-order chi connectivity index (χ0) is 21.1. The minimum atomic E-state index is -0.587. The number of ether oxygens (including phenoxy) is 1. The average Bonchev–Trinajstić information content (AvgIpc) is 3.22. The van der Waals surface area contributed by atoms with E-state index in [2.05, 4.69) is 10.1 Å². The van der Waals surface area contributed by atoms with Crippen molar-refractivity contribution in [1.82, 2.24) is 24.8 Å². The maximum Gasteiger partial charge on any atom is 0.293 e. The fourth-order valence-electron chi connectivity index (χ4n) is 3.34. The lowest BCUT2D eigenvalue weighted by Gasteiger charge is -2.28. The molecule has 0 atom stereocenters. The first kappa shape index (κ1) is 19.8. The molecule has 30 heavy (non-hydrogen) atoms. The molecule has 0 saturated carbocycles. The van der Waals surface area contributed by atoms with E-state index in [9.17, 15) is 9.59 Å². The Morgan fingerprint density at radius 1 is 1.20 bits per heavy atom. The number of amides is 1. The van der Waals surface area contributed by atoms with Crippen LogP contribution in [0.2, 0.25) is 0 Å². The van der Waals surface area contributed by atoms with Gasteiger partial charge in [-0.15, -0.1) is 0 Å². The van der Waals surface area contributed by atoms with Crippen LogP contribution in [0.4, 0.5) is 5.82 Å². The van der Waals surface area contributed by atoms with Crippen molar-refractivity contribution in [2.75, 3.05) is 31.2 Å². The number of nitrogens with one attached hydrogen (secondary N) is 1.